The number of ether oxygens (including phenoxy) is 3. The molecule has 1 aromatic heterocycles. The Bertz CT molecular complexity index is 1600. The minimum Gasteiger partial charge on any atom is -0.494 e. The van der Waals surface area contributed by atoms with Crippen LogP contribution in [0.4, 0.5) is 8.78 Å². The van der Waals surface area contributed by atoms with Gasteiger partial charge in [0.05, 0.1) is 28.7 Å². The molecule has 0 saturated carbocycles. The van der Waals surface area contributed by atoms with Crippen molar-refractivity contribution in [1.29, 1.82) is 0 Å². The molecule has 2 fully saturated rings. The molecule has 2 aliphatic rings. The molecule has 1 unspecified atom stereocenters. The van der Waals surface area contributed by atoms with Crippen molar-refractivity contribution >= 4 is 29.6 Å². The van der Waals surface area contributed by atoms with Crippen LogP contribution in [0.15, 0.2) is 41.9 Å². The van der Waals surface area contributed by atoms with Crippen LogP contribution in [-0.2, 0) is 23.6 Å². The van der Waals surface area contributed by atoms with Gasteiger partial charge >= 0.3 is 13.1 Å². The number of nitrogens with zero attached hydrogens (tertiary/aromatic N) is 2. The third-order valence-electron chi connectivity index (χ3n) is 9.04. The Hall–Kier alpha value is -3.28. The number of rotatable bonds is 10. The van der Waals surface area contributed by atoms with Gasteiger partial charge in [0.15, 0.2) is 6.23 Å². The molecule has 11 heteroatoms. The molecular formula is C36H47BF2N2O6. The fourth-order valence-electron chi connectivity index (χ4n) is 5.92. The van der Waals surface area contributed by atoms with Gasteiger partial charge < -0.3 is 23.5 Å². The second-order valence-electron chi connectivity index (χ2n) is 14.3. The smallest absolute Gasteiger partial charge is 0.491 e. The Kier molecular flexibility index (Phi) is 10.2. The lowest BCUT2D eigenvalue weighted by Crippen LogP contribution is -2.41. The van der Waals surface area contributed by atoms with Crippen molar-refractivity contribution in [2.45, 2.75) is 117 Å². The minimum atomic E-state index is -0.748. The third kappa shape index (κ3) is 7.73. The Morgan fingerprint density at radius 1 is 1.06 bits per heavy atom. The van der Waals surface area contributed by atoms with E-state index in [0.717, 1.165) is 18.3 Å². The molecule has 8 nitrogen and oxygen atoms in total. The maximum Gasteiger partial charge on any atom is 0.491 e. The summed E-state index contributed by atoms with van der Waals surface area (Å²) in [4.78, 5) is 12.0. The molecule has 2 saturated heterocycles. The fourth-order valence-corrected chi connectivity index (χ4v) is 5.92. The van der Waals surface area contributed by atoms with Crippen LogP contribution in [0.1, 0.15) is 111 Å². The highest BCUT2D eigenvalue weighted by Gasteiger charge is 2.52. The molecule has 0 radical (unpaired) electrons. The van der Waals surface area contributed by atoms with Gasteiger partial charge in [-0.1, -0.05) is 19.1 Å². The van der Waals surface area contributed by atoms with Crippen LogP contribution in [0.25, 0.3) is 16.5 Å². The highest BCUT2D eigenvalue weighted by atomic mass is 19.1. The summed E-state index contributed by atoms with van der Waals surface area (Å²) in [7, 11) is -0.748. The van der Waals surface area contributed by atoms with E-state index in [9.17, 15) is 4.79 Å². The summed E-state index contributed by atoms with van der Waals surface area (Å²) in [5.74, 6) is -0.872. The number of hydrogen-bond donors (Lipinski definition) is 0. The van der Waals surface area contributed by atoms with Crippen LogP contribution in [0.2, 0.25) is 0 Å². The van der Waals surface area contributed by atoms with Crippen molar-refractivity contribution in [2.24, 2.45) is 0 Å². The zero-order valence-corrected chi connectivity index (χ0v) is 28.9. The first-order chi connectivity index (χ1) is 22.1. The topological polar surface area (TPSA) is 81.0 Å². The molecule has 2 aromatic carbocycles. The van der Waals surface area contributed by atoms with Crippen LogP contribution in [0, 0.1) is 11.8 Å². The van der Waals surface area contributed by atoms with E-state index in [1.54, 1.807) is 12.1 Å². The van der Waals surface area contributed by atoms with Crippen molar-refractivity contribution in [1.82, 2.24) is 9.78 Å². The number of carbonyl (C=O) groups excluding carboxylic acids is 1. The third-order valence-corrected chi connectivity index (χ3v) is 9.04. The van der Waals surface area contributed by atoms with Crippen LogP contribution in [-0.4, -0.2) is 52.9 Å². The summed E-state index contributed by atoms with van der Waals surface area (Å²) >= 11 is 0. The Morgan fingerprint density at radius 3 is 2.34 bits per heavy atom. The predicted octanol–water partition coefficient (Wildman–Crippen LogP) is 8.36. The van der Waals surface area contributed by atoms with Gasteiger partial charge in [-0.05, 0) is 115 Å². The van der Waals surface area contributed by atoms with Crippen molar-refractivity contribution in [3.05, 3.63) is 64.8 Å². The maximum absolute atomic E-state index is 16.4. The number of fused-ring (bicyclic) bond motifs is 1. The maximum atomic E-state index is 16.4. The standard InChI is InChI=1S/C36H47BF2N2O6/c1-9-27(37-46-35(5,6)36(7,8)47-37)32(23-15-17-24(18-16-23)43-20-12-14-31(42)45-34(2,3)4)25-21-26-29(22-28(25)38)41(40-33(26)39)30-13-10-11-19-44-30/h15-18,21-22,30H,9-14,19-20H2,1-8H3/b32-27+. The van der Waals surface area contributed by atoms with E-state index in [0.29, 0.717) is 54.9 Å². The molecule has 3 heterocycles. The lowest BCUT2D eigenvalue weighted by Gasteiger charge is -2.32. The van der Waals surface area contributed by atoms with Crippen molar-refractivity contribution < 1.29 is 37.1 Å². The molecule has 0 amide bonds. The first-order valence-corrected chi connectivity index (χ1v) is 16.6. The van der Waals surface area contributed by atoms with Gasteiger partial charge in [-0.2, -0.15) is 4.39 Å². The Morgan fingerprint density at radius 2 is 1.74 bits per heavy atom. The monoisotopic (exact) mass is 652 g/mol. The first-order valence-electron chi connectivity index (χ1n) is 16.6. The molecule has 5 rings (SSSR count). The van der Waals surface area contributed by atoms with E-state index in [-0.39, 0.29) is 23.3 Å². The Balaban J connectivity index is 1.50. The molecule has 3 aromatic rings. The van der Waals surface area contributed by atoms with Gasteiger partial charge in [0, 0.05) is 24.7 Å². The molecule has 1 atom stereocenters. The molecule has 0 bridgehead atoms. The number of allylic oxidation sites excluding steroid dienone is 1. The second kappa shape index (κ2) is 13.7. The molecule has 0 N–H and O–H groups in total. The average Bonchev–Trinajstić information content (AvgIpc) is 3.43. The van der Waals surface area contributed by atoms with Crippen molar-refractivity contribution in [3.8, 4) is 5.75 Å². The van der Waals surface area contributed by atoms with E-state index in [2.05, 4.69) is 5.10 Å². The predicted molar refractivity (Wildman–Crippen MR) is 178 cm³/mol. The first kappa shape index (κ1) is 35.0. The number of benzene rings is 2. The van der Waals surface area contributed by atoms with E-state index < -0.39 is 41.9 Å². The molecular weight excluding hydrogens is 605 g/mol. The van der Waals surface area contributed by atoms with Crippen LogP contribution in [0.5, 0.6) is 5.75 Å². The molecule has 0 aliphatic carbocycles. The number of carbonyl (C=O) groups is 1. The van der Waals surface area contributed by atoms with Crippen LogP contribution < -0.4 is 4.74 Å². The lowest BCUT2D eigenvalue weighted by molar-refractivity contribution is -0.155. The minimum absolute atomic E-state index is 0.211. The largest absolute Gasteiger partial charge is 0.494 e. The number of hydrogen-bond acceptors (Lipinski definition) is 7. The van der Waals surface area contributed by atoms with E-state index >= 15 is 8.78 Å². The zero-order valence-electron chi connectivity index (χ0n) is 28.9. The summed E-state index contributed by atoms with van der Waals surface area (Å²) in [6, 6.07) is 10.2. The summed E-state index contributed by atoms with van der Waals surface area (Å²) in [5, 5.41) is 4.34. The highest BCUT2D eigenvalue weighted by Crippen LogP contribution is 2.43. The number of esters is 1. The van der Waals surface area contributed by atoms with E-state index in [1.807, 2.05) is 67.5 Å². The Labute approximate surface area is 276 Å². The molecule has 254 valence electrons. The lowest BCUT2D eigenvalue weighted by atomic mass is 9.70. The van der Waals surface area contributed by atoms with Crippen LogP contribution in [0.3, 0.4) is 0 Å². The average molecular weight is 653 g/mol. The van der Waals surface area contributed by atoms with Crippen molar-refractivity contribution in [2.75, 3.05) is 13.2 Å². The summed E-state index contributed by atoms with van der Waals surface area (Å²) in [6.45, 7) is 16.2. The number of aromatic nitrogens is 2. The number of halogens is 2. The molecule has 2 aliphatic heterocycles. The van der Waals surface area contributed by atoms with E-state index in [4.69, 9.17) is 23.5 Å². The quantitative estimate of drug-likeness (QED) is 0.124. The fraction of sp³-hybridized carbons (Fsp3) is 0.556. The van der Waals surface area contributed by atoms with Gasteiger partial charge in [0.25, 0.3) is 0 Å². The summed E-state index contributed by atoms with van der Waals surface area (Å²) in [5.41, 5.74) is 0.790. The van der Waals surface area contributed by atoms with Crippen LogP contribution >= 0.6 is 0 Å². The zero-order chi connectivity index (χ0) is 34.1. The van der Waals surface area contributed by atoms with Gasteiger partial charge in [-0.3, -0.25) is 4.79 Å². The summed E-state index contributed by atoms with van der Waals surface area (Å²) < 4.78 is 63.3. The molecule has 47 heavy (non-hydrogen) atoms. The molecule has 0 spiro atoms. The summed E-state index contributed by atoms with van der Waals surface area (Å²) in [6.07, 6.45) is 3.34. The highest BCUT2D eigenvalue weighted by molar-refractivity contribution is 6.56. The van der Waals surface area contributed by atoms with Gasteiger partial charge in [0.1, 0.15) is 17.2 Å². The second-order valence-corrected chi connectivity index (χ2v) is 14.3. The normalized spacial score (nSPS) is 20.0. The van der Waals surface area contributed by atoms with Gasteiger partial charge in [0.2, 0.25) is 5.95 Å². The van der Waals surface area contributed by atoms with Gasteiger partial charge in [-0.15, -0.1) is 5.10 Å². The van der Waals surface area contributed by atoms with Crippen molar-refractivity contribution in [3.63, 3.8) is 0 Å². The van der Waals surface area contributed by atoms with E-state index in [1.165, 1.54) is 16.8 Å². The SMILES string of the molecule is CC/C(B1OC(C)(C)C(C)(C)O1)=C(/c1ccc(OCCCC(=O)OC(C)(C)C)cc1)c1cc2c(F)nn(C3CCCCO3)c2cc1F. The van der Waals surface area contributed by atoms with Gasteiger partial charge in [-0.25, -0.2) is 9.07 Å².